The number of methoxy groups -OCH3 is 1. The van der Waals surface area contributed by atoms with Gasteiger partial charge in [0.1, 0.15) is 5.75 Å². The SMILES string of the molecule is COc1ccc(S(=O)(=O)N(CC2CC2)C(C)C)cc1N. The fourth-order valence-electron chi connectivity index (χ4n) is 2.15. The van der Waals surface area contributed by atoms with Crippen LogP contribution < -0.4 is 10.5 Å². The minimum Gasteiger partial charge on any atom is -0.495 e. The summed E-state index contributed by atoms with van der Waals surface area (Å²) in [6.45, 7) is 4.38. The van der Waals surface area contributed by atoms with Crippen LogP contribution in [0.15, 0.2) is 23.1 Å². The minimum absolute atomic E-state index is 0.0658. The van der Waals surface area contributed by atoms with Gasteiger partial charge in [0.2, 0.25) is 10.0 Å². The molecule has 0 unspecified atom stereocenters. The Kier molecular flexibility index (Phi) is 4.25. The Balaban J connectivity index is 2.33. The van der Waals surface area contributed by atoms with Crippen LogP contribution in [0.4, 0.5) is 5.69 Å². The van der Waals surface area contributed by atoms with Crippen molar-refractivity contribution in [2.45, 2.75) is 37.6 Å². The molecule has 0 aliphatic heterocycles. The first-order chi connectivity index (χ1) is 9.36. The zero-order chi connectivity index (χ0) is 14.9. The number of anilines is 1. The Morgan fingerprint density at radius 1 is 1.40 bits per heavy atom. The summed E-state index contributed by atoms with van der Waals surface area (Å²) < 4.78 is 32.1. The van der Waals surface area contributed by atoms with Crippen LogP contribution in [0.3, 0.4) is 0 Å². The molecule has 0 bridgehead atoms. The lowest BCUT2D eigenvalue weighted by Gasteiger charge is -2.26. The third kappa shape index (κ3) is 3.07. The predicted molar refractivity (Wildman–Crippen MR) is 79.2 cm³/mol. The van der Waals surface area contributed by atoms with Gasteiger partial charge in [0, 0.05) is 12.6 Å². The number of nitrogens with two attached hydrogens (primary N) is 1. The molecule has 1 aliphatic rings. The van der Waals surface area contributed by atoms with Crippen LogP contribution in [0.25, 0.3) is 0 Å². The van der Waals surface area contributed by atoms with Crippen molar-refractivity contribution in [3.8, 4) is 5.75 Å². The van der Waals surface area contributed by atoms with Gasteiger partial charge < -0.3 is 10.5 Å². The van der Waals surface area contributed by atoms with Gasteiger partial charge in [-0.2, -0.15) is 4.31 Å². The van der Waals surface area contributed by atoms with E-state index in [0.29, 0.717) is 23.9 Å². The number of ether oxygens (including phenoxy) is 1. The van der Waals surface area contributed by atoms with Gasteiger partial charge in [0.05, 0.1) is 17.7 Å². The molecular weight excluding hydrogens is 276 g/mol. The lowest BCUT2D eigenvalue weighted by atomic mass is 10.3. The molecule has 20 heavy (non-hydrogen) atoms. The van der Waals surface area contributed by atoms with E-state index < -0.39 is 10.0 Å². The molecule has 0 spiro atoms. The first-order valence-electron chi connectivity index (χ1n) is 6.81. The second-order valence-corrected chi connectivity index (χ2v) is 7.41. The molecule has 0 atom stereocenters. The van der Waals surface area contributed by atoms with Crippen molar-refractivity contribution in [2.24, 2.45) is 5.92 Å². The van der Waals surface area contributed by atoms with E-state index in [4.69, 9.17) is 10.5 Å². The number of hydrogen-bond donors (Lipinski definition) is 1. The standard InChI is InChI=1S/C14H22N2O3S/c1-10(2)16(9-11-4-5-11)20(17,18)12-6-7-14(19-3)13(15)8-12/h6-8,10-11H,4-5,9,15H2,1-3H3. The van der Waals surface area contributed by atoms with Crippen LogP contribution in [0.2, 0.25) is 0 Å². The molecule has 1 fully saturated rings. The lowest BCUT2D eigenvalue weighted by molar-refractivity contribution is 0.341. The van der Waals surface area contributed by atoms with Crippen molar-refractivity contribution < 1.29 is 13.2 Å². The Bertz CT molecular complexity index is 580. The smallest absolute Gasteiger partial charge is 0.243 e. The summed E-state index contributed by atoms with van der Waals surface area (Å²) in [4.78, 5) is 0.227. The minimum atomic E-state index is -3.51. The zero-order valence-corrected chi connectivity index (χ0v) is 13.0. The van der Waals surface area contributed by atoms with E-state index in [-0.39, 0.29) is 10.9 Å². The van der Waals surface area contributed by atoms with Gasteiger partial charge in [0.15, 0.2) is 0 Å². The van der Waals surface area contributed by atoms with Gasteiger partial charge >= 0.3 is 0 Å². The Hall–Kier alpha value is -1.27. The third-order valence-electron chi connectivity index (χ3n) is 3.52. The van der Waals surface area contributed by atoms with Gasteiger partial charge in [-0.05, 0) is 50.8 Å². The lowest BCUT2D eigenvalue weighted by Crippen LogP contribution is -2.38. The highest BCUT2D eigenvalue weighted by Crippen LogP contribution is 2.33. The highest BCUT2D eigenvalue weighted by Gasteiger charge is 2.33. The summed E-state index contributed by atoms with van der Waals surface area (Å²) in [7, 11) is -2.00. The van der Waals surface area contributed by atoms with Crippen molar-refractivity contribution in [1.29, 1.82) is 0 Å². The van der Waals surface area contributed by atoms with E-state index in [9.17, 15) is 8.42 Å². The number of nitrogens with zero attached hydrogens (tertiary/aromatic N) is 1. The summed E-state index contributed by atoms with van der Waals surface area (Å²) in [5.41, 5.74) is 6.15. The van der Waals surface area contributed by atoms with Crippen molar-refractivity contribution in [3.63, 3.8) is 0 Å². The largest absolute Gasteiger partial charge is 0.495 e. The molecular formula is C14H22N2O3S. The zero-order valence-electron chi connectivity index (χ0n) is 12.2. The molecule has 0 radical (unpaired) electrons. The van der Waals surface area contributed by atoms with Crippen LogP contribution in [0.1, 0.15) is 26.7 Å². The molecule has 0 saturated heterocycles. The van der Waals surface area contributed by atoms with Gasteiger partial charge in [-0.25, -0.2) is 8.42 Å². The van der Waals surface area contributed by atoms with E-state index in [1.165, 1.54) is 13.2 Å². The molecule has 1 aromatic rings. The normalized spacial score (nSPS) is 15.8. The average molecular weight is 298 g/mol. The van der Waals surface area contributed by atoms with E-state index in [2.05, 4.69) is 0 Å². The van der Waals surface area contributed by atoms with Gasteiger partial charge in [-0.1, -0.05) is 0 Å². The van der Waals surface area contributed by atoms with E-state index in [1.54, 1.807) is 16.4 Å². The maximum absolute atomic E-state index is 12.7. The third-order valence-corrected chi connectivity index (χ3v) is 5.56. The predicted octanol–water partition coefficient (Wildman–Crippen LogP) is 2.09. The topological polar surface area (TPSA) is 72.6 Å². The number of nitrogen functional groups attached to an aromatic ring is 1. The number of sulfonamides is 1. The van der Waals surface area contributed by atoms with E-state index >= 15 is 0 Å². The van der Waals surface area contributed by atoms with Crippen LogP contribution >= 0.6 is 0 Å². The summed E-state index contributed by atoms with van der Waals surface area (Å²) in [5, 5.41) is 0. The molecule has 0 aromatic heterocycles. The molecule has 112 valence electrons. The first-order valence-corrected chi connectivity index (χ1v) is 8.25. The highest BCUT2D eigenvalue weighted by molar-refractivity contribution is 7.89. The van der Waals surface area contributed by atoms with Crippen LogP contribution in [-0.2, 0) is 10.0 Å². The van der Waals surface area contributed by atoms with Gasteiger partial charge in [-0.15, -0.1) is 0 Å². The van der Waals surface area contributed by atoms with E-state index in [0.717, 1.165) is 12.8 Å². The highest BCUT2D eigenvalue weighted by atomic mass is 32.2. The van der Waals surface area contributed by atoms with Crippen LogP contribution in [0.5, 0.6) is 5.75 Å². The average Bonchev–Trinajstić information content (AvgIpc) is 3.19. The van der Waals surface area contributed by atoms with Crippen molar-refractivity contribution >= 4 is 15.7 Å². The number of benzene rings is 1. The molecule has 2 N–H and O–H groups in total. The fourth-order valence-corrected chi connectivity index (χ4v) is 3.90. The maximum Gasteiger partial charge on any atom is 0.243 e. The molecule has 5 nitrogen and oxygen atoms in total. The van der Waals surface area contributed by atoms with Gasteiger partial charge in [-0.3, -0.25) is 0 Å². The van der Waals surface area contributed by atoms with Crippen molar-refractivity contribution in [3.05, 3.63) is 18.2 Å². The van der Waals surface area contributed by atoms with Crippen molar-refractivity contribution in [1.82, 2.24) is 4.31 Å². The molecule has 0 amide bonds. The first kappa shape index (κ1) is 15.1. The van der Waals surface area contributed by atoms with Gasteiger partial charge in [0.25, 0.3) is 0 Å². The Morgan fingerprint density at radius 2 is 2.05 bits per heavy atom. The summed E-state index contributed by atoms with van der Waals surface area (Å²) in [5.74, 6) is 0.991. The molecule has 6 heteroatoms. The molecule has 0 heterocycles. The summed E-state index contributed by atoms with van der Waals surface area (Å²) in [6, 6.07) is 4.55. The second kappa shape index (κ2) is 5.61. The quantitative estimate of drug-likeness (QED) is 0.816. The maximum atomic E-state index is 12.7. The monoisotopic (exact) mass is 298 g/mol. The molecule has 1 aromatic carbocycles. The van der Waals surface area contributed by atoms with E-state index in [1.807, 2.05) is 13.8 Å². The molecule has 1 saturated carbocycles. The second-order valence-electron chi connectivity index (χ2n) is 5.52. The van der Waals surface area contributed by atoms with Crippen molar-refractivity contribution in [2.75, 3.05) is 19.4 Å². The number of hydrogen-bond acceptors (Lipinski definition) is 4. The summed E-state index contributed by atoms with van der Waals surface area (Å²) in [6.07, 6.45) is 2.23. The van der Waals surface area contributed by atoms with Crippen LogP contribution in [0, 0.1) is 5.92 Å². The Labute approximate surface area is 120 Å². The fraction of sp³-hybridized carbons (Fsp3) is 0.571. The molecule has 2 rings (SSSR count). The van der Waals surface area contributed by atoms with Crippen LogP contribution in [-0.4, -0.2) is 32.4 Å². The molecule has 1 aliphatic carbocycles. The Morgan fingerprint density at radius 3 is 2.50 bits per heavy atom. The number of rotatable bonds is 6. The summed E-state index contributed by atoms with van der Waals surface area (Å²) >= 11 is 0.